The van der Waals surface area contributed by atoms with E-state index < -0.39 is 6.61 Å². The maximum absolute atomic E-state index is 12.4. The van der Waals surface area contributed by atoms with Crippen molar-refractivity contribution >= 4 is 0 Å². The first-order chi connectivity index (χ1) is 12.2. The van der Waals surface area contributed by atoms with Crippen LogP contribution in [0.1, 0.15) is 12.6 Å². The highest BCUT2D eigenvalue weighted by Gasteiger charge is 2.14. The van der Waals surface area contributed by atoms with E-state index in [1.165, 1.54) is 18.5 Å². The standard InChI is InChI=1S/C16H15F2N5O2/c1-2-24-15-14(11-4-3-5-13(6-11)25-16(17)18)22-12(7-20-15)8-23-10-19-9-21-23/h3-7,9-10,16H,2,8H2,1H3. The van der Waals surface area contributed by atoms with E-state index in [9.17, 15) is 8.78 Å². The van der Waals surface area contributed by atoms with Crippen LogP contribution in [0.15, 0.2) is 43.1 Å². The summed E-state index contributed by atoms with van der Waals surface area (Å²) in [4.78, 5) is 12.7. The molecule has 0 atom stereocenters. The van der Waals surface area contributed by atoms with Crippen molar-refractivity contribution in [3.63, 3.8) is 0 Å². The topological polar surface area (TPSA) is 75.0 Å². The van der Waals surface area contributed by atoms with E-state index >= 15 is 0 Å². The van der Waals surface area contributed by atoms with Crippen molar-refractivity contribution in [3.05, 3.63) is 48.8 Å². The molecule has 1 aromatic carbocycles. The number of ether oxygens (including phenoxy) is 2. The highest BCUT2D eigenvalue weighted by atomic mass is 19.3. The molecule has 9 heteroatoms. The second-order valence-corrected chi connectivity index (χ2v) is 4.95. The molecule has 25 heavy (non-hydrogen) atoms. The smallest absolute Gasteiger partial charge is 0.387 e. The summed E-state index contributed by atoms with van der Waals surface area (Å²) in [7, 11) is 0. The molecule has 2 heterocycles. The Hall–Kier alpha value is -3.10. The Morgan fingerprint density at radius 1 is 1.28 bits per heavy atom. The highest BCUT2D eigenvalue weighted by molar-refractivity contribution is 5.66. The summed E-state index contributed by atoms with van der Waals surface area (Å²) in [5, 5.41) is 4.02. The molecule has 0 aliphatic carbocycles. The largest absolute Gasteiger partial charge is 0.476 e. The minimum atomic E-state index is -2.90. The molecule has 2 aromatic heterocycles. The van der Waals surface area contributed by atoms with E-state index in [1.807, 2.05) is 6.92 Å². The van der Waals surface area contributed by atoms with E-state index in [1.54, 1.807) is 29.3 Å². The van der Waals surface area contributed by atoms with Gasteiger partial charge in [-0.3, -0.25) is 0 Å². The lowest BCUT2D eigenvalue weighted by molar-refractivity contribution is -0.0498. The van der Waals surface area contributed by atoms with Crippen molar-refractivity contribution in [2.75, 3.05) is 6.61 Å². The summed E-state index contributed by atoms with van der Waals surface area (Å²) in [5.74, 6) is 0.359. The zero-order chi connectivity index (χ0) is 17.6. The molecule has 3 rings (SSSR count). The van der Waals surface area contributed by atoms with Gasteiger partial charge in [-0.2, -0.15) is 13.9 Å². The second kappa shape index (κ2) is 7.65. The summed E-state index contributed by atoms with van der Waals surface area (Å²) in [5.41, 5.74) is 1.64. The van der Waals surface area contributed by atoms with Gasteiger partial charge in [0.25, 0.3) is 0 Å². The number of halogens is 2. The number of benzene rings is 1. The highest BCUT2D eigenvalue weighted by Crippen LogP contribution is 2.29. The quantitative estimate of drug-likeness (QED) is 0.654. The molecule has 0 amide bonds. The fourth-order valence-electron chi connectivity index (χ4n) is 2.22. The minimum Gasteiger partial charge on any atom is -0.476 e. The van der Waals surface area contributed by atoms with E-state index in [0.717, 1.165) is 0 Å². The predicted molar refractivity (Wildman–Crippen MR) is 84.4 cm³/mol. The van der Waals surface area contributed by atoms with E-state index in [-0.39, 0.29) is 5.75 Å². The number of alkyl halides is 2. The van der Waals surface area contributed by atoms with Crippen molar-refractivity contribution in [3.8, 4) is 22.9 Å². The zero-order valence-corrected chi connectivity index (χ0v) is 13.3. The van der Waals surface area contributed by atoms with Crippen molar-refractivity contribution in [2.45, 2.75) is 20.1 Å². The van der Waals surface area contributed by atoms with Crippen molar-refractivity contribution in [1.82, 2.24) is 24.7 Å². The van der Waals surface area contributed by atoms with Crippen LogP contribution >= 0.6 is 0 Å². The normalized spacial score (nSPS) is 10.9. The summed E-state index contributed by atoms with van der Waals surface area (Å²) in [6.07, 6.45) is 4.57. The van der Waals surface area contributed by atoms with Crippen LogP contribution in [0.5, 0.6) is 11.6 Å². The molecule has 7 nitrogen and oxygen atoms in total. The molecule has 0 spiro atoms. The Labute approximate surface area is 142 Å². The van der Waals surface area contributed by atoms with Crippen LogP contribution in [0.25, 0.3) is 11.3 Å². The molecule has 0 fully saturated rings. The number of nitrogens with zero attached hydrogens (tertiary/aromatic N) is 5. The Morgan fingerprint density at radius 2 is 2.16 bits per heavy atom. The Bertz CT molecular complexity index is 827. The lowest BCUT2D eigenvalue weighted by atomic mass is 10.1. The molecular weight excluding hydrogens is 332 g/mol. The van der Waals surface area contributed by atoms with Crippen LogP contribution in [-0.4, -0.2) is 38.0 Å². The SMILES string of the molecule is CCOc1ncc(Cn2cncn2)nc1-c1cccc(OC(F)F)c1. The third-order valence-corrected chi connectivity index (χ3v) is 3.19. The van der Waals surface area contributed by atoms with Gasteiger partial charge >= 0.3 is 6.61 Å². The lowest BCUT2D eigenvalue weighted by Gasteiger charge is -2.11. The molecule has 0 N–H and O–H groups in total. The number of rotatable bonds is 7. The average molecular weight is 347 g/mol. The van der Waals surface area contributed by atoms with Gasteiger partial charge in [0.15, 0.2) is 0 Å². The lowest BCUT2D eigenvalue weighted by Crippen LogP contribution is -2.06. The first-order valence-electron chi connectivity index (χ1n) is 7.52. The molecular formula is C16H15F2N5O2. The maximum Gasteiger partial charge on any atom is 0.387 e. The summed E-state index contributed by atoms with van der Waals surface area (Å²) in [6.45, 7) is -0.298. The molecule has 0 unspecified atom stereocenters. The average Bonchev–Trinajstić information content (AvgIpc) is 3.09. The van der Waals surface area contributed by atoms with Crippen LogP contribution in [0.4, 0.5) is 8.78 Å². The van der Waals surface area contributed by atoms with E-state index in [2.05, 4.69) is 24.8 Å². The van der Waals surface area contributed by atoms with Gasteiger partial charge in [0.05, 0.1) is 25.0 Å². The van der Waals surface area contributed by atoms with Crippen LogP contribution in [0.3, 0.4) is 0 Å². The van der Waals surface area contributed by atoms with Gasteiger partial charge < -0.3 is 9.47 Å². The van der Waals surface area contributed by atoms with Crippen LogP contribution in [-0.2, 0) is 6.54 Å². The fraction of sp³-hybridized carbons (Fsp3) is 0.250. The Balaban J connectivity index is 1.97. The third-order valence-electron chi connectivity index (χ3n) is 3.19. The summed E-state index contributed by atoms with van der Waals surface area (Å²) < 4.78 is 36.4. The van der Waals surface area contributed by atoms with Gasteiger partial charge in [0.1, 0.15) is 24.1 Å². The summed E-state index contributed by atoms with van der Waals surface area (Å²) >= 11 is 0. The molecule has 3 aromatic rings. The van der Waals surface area contributed by atoms with Gasteiger partial charge in [0.2, 0.25) is 5.88 Å². The third kappa shape index (κ3) is 4.25. The van der Waals surface area contributed by atoms with Gasteiger partial charge in [-0.1, -0.05) is 12.1 Å². The van der Waals surface area contributed by atoms with Gasteiger partial charge in [0, 0.05) is 5.56 Å². The molecule has 130 valence electrons. The van der Waals surface area contributed by atoms with Crippen LogP contribution < -0.4 is 9.47 Å². The van der Waals surface area contributed by atoms with Crippen LogP contribution in [0.2, 0.25) is 0 Å². The van der Waals surface area contributed by atoms with Gasteiger partial charge in [-0.05, 0) is 19.1 Å². The molecule has 0 saturated carbocycles. The van der Waals surface area contributed by atoms with Crippen molar-refractivity contribution in [1.29, 1.82) is 0 Å². The first kappa shape index (κ1) is 16.7. The molecule has 0 saturated heterocycles. The van der Waals surface area contributed by atoms with E-state index in [4.69, 9.17) is 4.74 Å². The molecule has 0 radical (unpaired) electrons. The molecule has 0 bridgehead atoms. The number of aromatic nitrogens is 5. The van der Waals surface area contributed by atoms with Crippen molar-refractivity contribution < 1.29 is 18.3 Å². The number of hydrogen-bond acceptors (Lipinski definition) is 6. The van der Waals surface area contributed by atoms with Gasteiger partial charge in [-0.15, -0.1) is 0 Å². The molecule has 0 aliphatic heterocycles. The fourth-order valence-corrected chi connectivity index (χ4v) is 2.22. The van der Waals surface area contributed by atoms with Crippen LogP contribution in [0, 0.1) is 0 Å². The monoisotopic (exact) mass is 347 g/mol. The van der Waals surface area contributed by atoms with E-state index in [0.29, 0.717) is 36.0 Å². The Morgan fingerprint density at radius 3 is 2.88 bits per heavy atom. The first-order valence-corrected chi connectivity index (χ1v) is 7.52. The van der Waals surface area contributed by atoms with Gasteiger partial charge in [-0.25, -0.2) is 19.6 Å². The number of hydrogen-bond donors (Lipinski definition) is 0. The second-order valence-electron chi connectivity index (χ2n) is 4.95. The van der Waals surface area contributed by atoms with Crippen molar-refractivity contribution in [2.24, 2.45) is 0 Å². The molecule has 0 aliphatic rings. The Kier molecular flexibility index (Phi) is 5.12. The predicted octanol–water partition coefficient (Wildman–Crippen LogP) is 2.78. The summed E-state index contributed by atoms with van der Waals surface area (Å²) in [6, 6.07) is 6.25. The maximum atomic E-state index is 12.4. The minimum absolute atomic E-state index is 0.0402. The zero-order valence-electron chi connectivity index (χ0n) is 13.3.